The normalized spacial score (nSPS) is 14.6. The molecule has 0 aromatic heterocycles. The van der Waals surface area contributed by atoms with Gasteiger partial charge in [-0.1, -0.05) is 0 Å². The number of hydrogen-bond acceptors (Lipinski definition) is 0. The van der Waals surface area contributed by atoms with Crippen molar-refractivity contribution in [3.63, 3.8) is 0 Å². The summed E-state index contributed by atoms with van der Waals surface area (Å²) in [4.78, 5) is 0. The van der Waals surface area contributed by atoms with Gasteiger partial charge < -0.3 is 0 Å². The fourth-order valence-electron chi connectivity index (χ4n) is 1.33. The summed E-state index contributed by atoms with van der Waals surface area (Å²) in [5, 5.41) is 0. The average Bonchev–Trinajstić information content (AvgIpc) is 3.37. The van der Waals surface area contributed by atoms with E-state index >= 15 is 0 Å². The van der Waals surface area contributed by atoms with Gasteiger partial charge in [0.1, 0.15) is 0 Å². The fourth-order valence-corrected chi connectivity index (χ4v) is 1.33. The van der Waals surface area contributed by atoms with Crippen LogP contribution >= 0.6 is 0 Å². The summed E-state index contributed by atoms with van der Waals surface area (Å²) < 4.78 is 0. The van der Waals surface area contributed by atoms with Gasteiger partial charge in [0.05, 0.1) is 0 Å². The maximum absolute atomic E-state index is 2.89. The number of benzene rings is 2. The Bertz CT molecular complexity index is 281. The van der Waals surface area contributed by atoms with Crippen molar-refractivity contribution in [1.29, 1.82) is 0 Å². The third kappa shape index (κ3) is 17.5. The van der Waals surface area contributed by atoms with Crippen molar-refractivity contribution in [2.75, 3.05) is 0 Å². The molecule has 0 N–H and O–H groups in total. The molecule has 0 atom stereocenters. The van der Waals surface area contributed by atoms with Crippen molar-refractivity contribution in [1.82, 2.24) is 0 Å². The smallest absolute Gasteiger partial charge is 0.184 e. The van der Waals surface area contributed by atoms with E-state index in [2.05, 4.69) is 12.1 Å². The van der Waals surface area contributed by atoms with Crippen LogP contribution in [0.15, 0.2) is 60.7 Å². The largest absolute Gasteiger partial charge is 2.00 e. The second-order valence-electron chi connectivity index (χ2n) is 4.08. The minimum Gasteiger partial charge on any atom is -0.184 e. The number of hydrogen-bond donors (Lipinski definition) is 0. The van der Waals surface area contributed by atoms with E-state index in [1.807, 2.05) is 125 Å². The van der Waals surface area contributed by atoms with E-state index in [-0.39, 0.29) is 26.2 Å². The van der Waals surface area contributed by atoms with Crippen LogP contribution in [0.3, 0.4) is 0 Å². The van der Waals surface area contributed by atoms with Crippen LogP contribution in [0.1, 0.15) is 0 Å². The van der Waals surface area contributed by atoms with E-state index in [9.17, 15) is 0 Å². The van der Waals surface area contributed by atoms with Gasteiger partial charge in [0.2, 0.25) is 0 Å². The van der Waals surface area contributed by atoms with Gasteiger partial charge in [0.25, 0.3) is 0 Å². The van der Waals surface area contributed by atoms with Crippen LogP contribution in [0, 0.1) is 76.3 Å². The van der Waals surface area contributed by atoms with Crippen molar-refractivity contribution < 1.29 is 26.2 Å². The van der Waals surface area contributed by atoms with E-state index in [1.54, 1.807) is 0 Å². The maximum Gasteiger partial charge on any atom is 2.00 e. The summed E-state index contributed by atoms with van der Waals surface area (Å²) in [5.74, 6) is 0. The SMILES string of the molecule is [CH]1[CH][CH][CH][CH]1.[CH]1[CH][CH][CH][CH]1.[Zr+2].[c-]1ccccc1.[c-]1ccccc1. The average molecular weight is 376 g/mol. The molecular formula is C22H20Zr. The monoisotopic (exact) mass is 374 g/mol. The van der Waals surface area contributed by atoms with Crippen LogP contribution < -0.4 is 0 Å². The minimum atomic E-state index is 0. The van der Waals surface area contributed by atoms with Crippen LogP contribution in [0.4, 0.5) is 0 Å². The molecule has 0 spiro atoms. The summed E-state index contributed by atoms with van der Waals surface area (Å²) in [6.45, 7) is 0. The minimum absolute atomic E-state index is 0. The molecule has 0 saturated heterocycles. The molecular weight excluding hydrogens is 355 g/mol. The predicted molar refractivity (Wildman–Crippen MR) is 93.6 cm³/mol. The molecule has 1 heteroatoms. The van der Waals surface area contributed by atoms with Crippen molar-refractivity contribution in [2.24, 2.45) is 0 Å². The molecule has 4 rings (SSSR count). The molecule has 2 aromatic carbocycles. The van der Waals surface area contributed by atoms with Gasteiger partial charge in [-0.15, -0.1) is 0 Å². The molecule has 0 aliphatic heterocycles. The second-order valence-corrected chi connectivity index (χ2v) is 4.08. The predicted octanol–water partition coefficient (Wildman–Crippen LogP) is 5.01. The van der Waals surface area contributed by atoms with Crippen LogP contribution in [0.2, 0.25) is 0 Å². The van der Waals surface area contributed by atoms with Crippen molar-refractivity contribution in [3.8, 4) is 0 Å². The Kier molecular flexibility index (Phi) is 18.8. The van der Waals surface area contributed by atoms with Crippen molar-refractivity contribution in [2.45, 2.75) is 0 Å². The van der Waals surface area contributed by atoms with Crippen LogP contribution in [-0.2, 0) is 26.2 Å². The first kappa shape index (κ1) is 22.3. The first-order chi connectivity index (χ1) is 11.0. The van der Waals surface area contributed by atoms with Gasteiger partial charge in [-0.2, -0.15) is 72.8 Å². The van der Waals surface area contributed by atoms with E-state index in [4.69, 9.17) is 0 Å². The van der Waals surface area contributed by atoms with Crippen molar-refractivity contribution in [3.05, 3.63) is 137 Å². The van der Waals surface area contributed by atoms with Gasteiger partial charge in [-0.3, -0.25) is 0 Å². The molecule has 2 aliphatic rings. The van der Waals surface area contributed by atoms with Gasteiger partial charge in [-0.25, -0.2) is 0 Å². The van der Waals surface area contributed by atoms with Crippen LogP contribution in [0.5, 0.6) is 0 Å². The van der Waals surface area contributed by atoms with Crippen molar-refractivity contribution >= 4 is 0 Å². The fraction of sp³-hybridized carbons (Fsp3) is 0. The zero-order valence-corrected chi connectivity index (χ0v) is 15.5. The zero-order chi connectivity index (χ0) is 15.6. The Hall–Kier alpha value is -0.677. The Balaban J connectivity index is 0.000000278. The maximum atomic E-state index is 2.89. The van der Waals surface area contributed by atoms with E-state index in [0.717, 1.165) is 0 Å². The summed E-state index contributed by atoms with van der Waals surface area (Å²) >= 11 is 0. The first-order valence-corrected chi connectivity index (χ1v) is 7.15. The first-order valence-electron chi connectivity index (χ1n) is 7.15. The summed E-state index contributed by atoms with van der Waals surface area (Å²) in [5.41, 5.74) is 0. The third-order valence-corrected chi connectivity index (χ3v) is 2.33. The van der Waals surface area contributed by atoms with E-state index in [0.29, 0.717) is 0 Å². The quantitative estimate of drug-likeness (QED) is 0.568. The molecule has 0 nitrogen and oxygen atoms in total. The zero-order valence-electron chi connectivity index (χ0n) is 13.0. The summed E-state index contributed by atoms with van der Waals surface area (Å²) in [6.07, 6.45) is 20.0. The van der Waals surface area contributed by atoms with Gasteiger partial charge in [-0.05, 0) is 64.2 Å². The van der Waals surface area contributed by atoms with Gasteiger partial charge in [0.15, 0.2) is 0 Å². The number of rotatable bonds is 0. The third-order valence-electron chi connectivity index (χ3n) is 2.33. The Morgan fingerprint density at radius 3 is 0.609 bits per heavy atom. The molecule has 0 amide bonds. The Morgan fingerprint density at radius 2 is 0.522 bits per heavy atom. The summed E-state index contributed by atoms with van der Waals surface area (Å²) in [6, 6.07) is 25.0. The van der Waals surface area contributed by atoms with Gasteiger partial charge >= 0.3 is 26.2 Å². The molecule has 2 aromatic rings. The van der Waals surface area contributed by atoms with E-state index in [1.165, 1.54) is 0 Å². The molecule has 2 fully saturated rings. The standard InChI is InChI=1S/2C6H5.2C5H5.Zr/c2*1-2-4-6-5-3-1;2*1-2-4-5-3-1;/h2*1-5H;2*1-5H;/q2*-1;;;+2. The molecule has 0 bridgehead atoms. The molecule has 23 heavy (non-hydrogen) atoms. The molecule has 112 valence electrons. The molecule has 10 radical (unpaired) electrons. The van der Waals surface area contributed by atoms with E-state index < -0.39 is 0 Å². The Labute approximate surface area is 162 Å². The van der Waals surface area contributed by atoms with Gasteiger partial charge in [0, 0.05) is 0 Å². The topological polar surface area (TPSA) is 0 Å². The molecule has 2 saturated carbocycles. The summed E-state index contributed by atoms with van der Waals surface area (Å²) in [7, 11) is 0. The van der Waals surface area contributed by atoms with Crippen LogP contribution in [-0.4, -0.2) is 0 Å². The van der Waals surface area contributed by atoms with Crippen LogP contribution in [0.25, 0.3) is 0 Å². The molecule has 0 heterocycles. The Morgan fingerprint density at radius 1 is 0.304 bits per heavy atom. The second kappa shape index (κ2) is 19.4. The molecule has 2 aliphatic carbocycles. The molecule has 0 unspecified atom stereocenters.